The highest BCUT2D eigenvalue weighted by Gasteiger charge is 2.43. The number of carbonyl (C=O) groups is 1. The zero-order valence-corrected chi connectivity index (χ0v) is 19.8. The summed E-state index contributed by atoms with van der Waals surface area (Å²) in [6, 6.07) is 4.53. The van der Waals surface area contributed by atoms with Gasteiger partial charge in [-0.25, -0.2) is 4.98 Å². The summed E-state index contributed by atoms with van der Waals surface area (Å²) in [6.45, 7) is 8.67. The third kappa shape index (κ3) is 5.31. The third-order valence-electron chi connectivity index (χ3n) is 7.44. The molecule has 0 aromatic carbocycles. The fourth-order valence-corrected chi connectivity index (χ4v) is 5.06. The Morgan fingerprint density at radius 2 is 2.03 bits per heavy atom. The first kappa shape index (κ1) is 22.2. The summed E-state index contributed by atoms with van der Waals surface area (Å²) in [5, 5.41) is 4.09. The maximum atomic E-state index is 12.1. The second-order valence-corrected chi connectivity index (χ2v) is 10.1. The van der Waals surface area contributed by atoms with Gasteiger partial charge in [-0.2, -0.15) is 4.98 Å². The zero-order chi connectivity index (χ0) is 22.8. The van der Waals surface area contributed by atoms with Crippen molar-refractivity contribution in [3.63, 3.8) is 0 Å². The van der Waals surface area contributed by atoms with E-state index in [9.17, 15) is 4.79 Å². The molecule has 3 aliphatic rings. The maximum Gasteiger partial charge on any atom is 0.324 e. The van der Waals surface area contributed by atoms with Crippen LogP contribution in [0, 0.1) is 17.8 Å². The van der Waals surface area contributed by atoms with E-state index in [1.54, 1.807) is 6.20 Å². The Bertz CT molecular complexity index is 932. The second-order valence-electron chi connectivity index (χ2n) is 10.1. The van der Waals surface area contributed by atoms with Crippen molar-refractivity contribution >= 4 is 11.9 Å². The van der Waals surface area contributed by atoms with Crippen LogP contribution in [0.5, 0.6) is 5.88 Å². The molecule has 0 N–H and O–H groups in total. The van der Waals surface area contributed by atoms with Gasteiger partial charge in [-0.3, -0.25) is 4.79 Å². The number of anilines is 1. The van der Waals surface area contributed by atoms with E-state index in [1.165, 1.54) is 19.3 Å². The van der Waals surface area contributed by atoms with E-state index in [2.05, 4.69) is 33.9 Å². The Morgan fingerprint density at radius 1 is 1.21 bits per heavy atom. The Labute approximate surface area is 195 Å². The summed E-state index contributed by atoms with van der Waals surface area (Å²) in [5.74, 6) is 4.32. The fourth-order valence-electron chi connectivity index (χ4n) is 5.06. The molecule has 2 aromatic rings. The van der Waals surface area contributed by atoms with Crippen molar-refractivity contribution in [3.8, 4) is 5.88 Å². The molecule has 0 bridgehead atoms. The number of carbonyl (C=O) groups excluding carboxylic acids is 1. The van der Waals surface area contributed by atoms with Crippen LogP contribution in [0.15, 0.2) is 22.9 Å². The lowest BCUT2D eigenvalue weighted by Gasteiger charge is -2.30. The van der Waals surface area contributed by atoms with E-state index in [0.717, 1.165) is 68.2 Å². The Balaban J connectivity index is 0.995. The fraction of sp³-hybridized carbons (Fsp3) is 0.680. The normalized spacial score (nSPS) is 23.0. The number of likely N-dealkylation sites (tertiary alicyclic amines) is 1. The summed E-state index contributed by atoms with van der Waals surface area (Å²) < 4.78 is 11.3. The van der Waals surface area contributed by atoms with Crippen molar-refractivity contribution in [3.05, 3.63) is 29.7 Å². The molecule has 1 amide bonds. The molecular formula is C25H35N5O3. The van der Waals surface area contributed by atoms with Gasteiger partial charge in [0.15, 0.2) is 5.82 Å². The van der Waals surface area contributed by atoms with Crippen molar-refractivity contribution in [2.45, 2.75) is 58.3 Å². The van der Waals surface area contributed by atoms with Crippen LogP contribution in [-0.2, 0) is 11.2 Å². The predicted molar refractivity (Wildman–Crippen MR) is 124 cm³/mol. The molecule has 5 rings (SSSR count). The quantitative estimate of drug-likeness (QED) is 0.572. The highest BCUT2D eigenvalue weighted by Crippen LogP contribution is 2.49. The van der Waals surface area contributed by atoms with Gasteiger partial charge in [-0.1, -0.05) is 25.1 Å². The minimum atomic E-state index is 0.194. The number of amides is 1. The predicted octanol–water partition coefficient (Wildman–Crippen LogP) is 3.68. The van der Waals surface area contributed by atoms with Crippen molar-refractivity contribution in [1.29, 1.82) is 0 Å². The molecule has 2 aromatic heterocycles. The topological polar surface area (TPSA) is 84.6 Å². The van der Waals surface area contributed by atoms with E-state index in [4.69, 9.17) is 9.26 Å². The van der Waals surface area contributed by atoms with Crippen molar-refractivity contribution in [2.75, 3.05) is 37.7 Å². The van der Waals surface area contributed by atoms with Crippen LogP contribution < -0.4 is 9.64 Å². The number of pyridine rings is 1. The van der Waals surface area contributed by atoms with Crippen LogP contribution in [0.2, 0.25) is 0 Å². The van der Waals surface area contributed by atoms with Gasteiger partial charge in [0.05, 0.1) is 13.0 Å². The van der Waals surface area contributed by atoms with Gasteiger partial charge in [0.2, 0.25) is 11.8 Å². The Hall–Kier alpha value is -2.64. The molecule has 8 heteroatoms. The molecule has 8 nitrogen and oxygen atoms in total. The smallest absolute Gasteiger partial charge is 0.324 e. The van der Waals surface area contributed by atoms with E-state index in [1.807, 2.05) is 17.0 Å². The third-order valence-corrected chi connectivity index (χ3v) is 7.44. The Kier molecular flexibility index (Phi) is 6.51. The molecule has 1 aliphatic carbocycles. The molecule has 3 fully saturated rings. The SMILES string of the molecule is CC(C)c1noc(N2CCC(C3CC3CCOc3ccc(CC(=O)N4CCC4)cn3)CC2)n1. The average Bonchev–Trinajstić information content (AvgIpc) is 3.36. The lowest BCUT2D eigenvalue weighted by atomic mass is 9.90. The number of nitrogens with zero attached hydrogens (tertiary/aromatic N) is 5. The summed E-state index contributed by atoms with van der Waals surface area (Å²) in [7, 11) is 0. The summed E-state index contributed by atoms with van der Waals surface area (Å²) in [4.78, 5) is 25.1. The van der Waals surface area contributed by atoms with Crippen molar-refractivity contribution < 1.29 is 14.1 Å². The largest absolute Gasteiger partial charge is 0.478 e. The summed E-state index contributed by atoms with van der Waals surface area (Å²) >= 11 is 0. The second kappa shape index (κ2) is 9.69. The first-order chi connectivity index (χ1) is 16.1. The minimum absolute atomic E-state index is 0.194. The van der Waals surface area contributed by atoms with Crippen LogP contribution >= 0.6 is 0 Å². The van der Waals surface area contributed by atoms with E-state index in [0.29, 0.717) is 30.8 Å². The maximum absolute atomic E-state index is 12.1. The summed E-state index contributed by atoms with van der Waals surface area (Å²) in [6.07, 6.45) is 8.12. The van der Waals surface area contributed by atoms with E-state index < -0.39 is 0 Å². The van der Waals surface area contributed by atoms with Gasteiger partial charge in [0.25, 0.3) is 0 Å². The molecule has 4 heterocycles. The number of piperidine rings is 1. The molecule has 2 atom stereocenters. The van der Waals surface area contributed by atoms with Crippen LogP contribution in [-0.4, -0.2) is 58.7 Å². The number of hydrogen-bond acceptors (Lipinski definition) is 7. The minimum Gasteiger partial charge on any atom is -0.478 e. The van der Waals surface area contributed by atoms with E-state index in [-0.39, 0.29) is 5.91 Å². The van der Waals surface area contributed by atoms with Crippen molar-refractivity contribution in [2.24, 2.45) is 17.8 Å². The summed E-state index contributed by atoms with van der Waals surface area (Å²) in [5.41, 5.74) is 0.953. The molecule has 33 heavy (non-hydrogen) atoms. The lowest BCUT2D eigenvalue weighted by molar-refractivity contribution is -0.133. The molecule has 2 unspecified atom stereocenters. The van der Waals surface area contributed by atoms with Gasteiger partial charge < -0.3 is 19.1 Å². The number of aromatic nitrogens is 3. The molecule has 0 spiro atoms. The number of hydrogen-bond donors (Lipinski definition) is 0. The van der Waals surface area contributed by atoms with Gasteiger partial charge >= 0.3 is 6.01 Å². The van der Waals surface area contributed by atoms with Crippen LogP contribution in [0.1, 0.15) is 63.3 Å². The average molecular weight is 454 g/mol. The van der Waals surface area contributed by atoms with Crippen molar-refractivity contribution in [1.82, 2.24) is 20.0 Å². The number of ether oxygens (including phenoxy) is 1. The molecule has 0 radical (unpaired) electrons. The standard InChI is InChI=1S/C25H35N5O3/c1-17(2)24-27-25(33-28-24)30-11-6-19(7-12-30)21-15-20(21)8-13-32-22-5-4-18(16-26-22)14-23(31)29-9-3-10-29/h4-5,16-17,19-21H,3,6-15H2,1-2H3. The molecule has 1 saturated carbocycles. The zero-order valence-electron chi connectivity index (χ0n) is 19.8. The van der Waals surface area contributed by atoms with Crippen LogP contribution in [0.25, 0.3) is 0 Å². The van der Waals surface area contributed by atoms with Crippen LogP contribution in [0.4, 0.5) is 6.01 Å². The van der Waals surface area contributed by atoms with Crippen LogP contribution in [0.3, 0.4) is 0 Å². The molecular weight excluding hydrogens is 418 g/mol. The first-order valence-corrected chi connectivity index (χ1v) is 12.5. The Morgan fingerprint density at radius 3 is 2.67 bits per heavy atom. The monoisotopic (exact) mass is 453 g/mol. The lowest BCUT2D eigenvalue weighted by Crippen LogP contribution is -2.42. The van der Waals surface area contributed by atoms with Gasteiger partial charge in [0.1, 0.15) is 0 Å². The number of rotatable bonds is 9. The first-order valence-electron chi connectivity index (χ1n) is 12.5. The highest BCUT2D eigenvalue weighted by molar-refractivity contribution is 5.79. The molecule has 178 valence electrons. The van der Waals surface area contributed by atoms with E-state index >= 15 is 0 Å². The highest BCUT2D eigenvalue weighted by atomic mass is 16.5. The van der Waals surface area contributed by atoms with Gasteiger partial charge in [0, 0.05) is 44.4 Å². The molecule has 2 aliphatic heterocycles. The van der Waals surface area contributed by atoms with Gasteiger partial charge in [-0.05, 0) is 55.4 Å². The van der Waals surface area contributed by atoms with Gasteiger partial charge in [-0.15, -0.1) is 0 Å². The molecule has 2 saturated heterocycles.